The van der Waals surface area contributed by atoms with Gasteiger partial charge in [-0.05, 0) is 45.7 Å². The quantitative estimate of drug-likeness (QED) is 0.210. The summed E-state index contributed by atoms with van der Waals surface area (Å²) < 4.78 is 12.8. The summed E-state index contributed by atoms with van der Waals surface area (Å²) in [6.07, 6.45) is 7.27. The Balaban J connectivity index is 1.35. The average molecular weight is 626 g/mol. The minimum atomic E-state index is -0.789. The van der Waals surface area contributed by atoms with Crippen LogP contribution in [0.25, 0.3) is 21.5 Å². The van der Waals surface area contributed by atoms with Gasteiger partial charge in [-0.1, -0.05) is 25.3 Å². The Morgan fingerprint density at radius 2 is 1.93 bits per heavy atom. The third-order valence-corrected chi connectivity index (χ3v) is 10.5. The lowest BCUT2D eigenvalue weighted by Gasteiger charge is -2.29. The number of imidazole rings is 1. The number of hydrogen-bond acceptors (Lipinski definition) is 10. The fraction of sp³-hybridized carbons (Fsp3) is 0.581. The predicted octanol–water partition coefficient (Wildman–Crippen LogP) is 5.63. The van der Waals surface area contributed by atoms with Crippen molar-refractivity contribution in [1.29, 1.82) is 0 Å². The number of benzene rings is 1. The molecule has 12 nitrogen and oxygen atoms in total. The number of nitrogens with zero attached hydrogens (tertiary/aromatic N) is 5. The molecular weight excluding hydrogens is 586 g/mol. The van der Waals surface area contributed by atoms with E-state index in [1.165, 1.54) is 37.7 Å². The van der Waals surface area contributed by atoms with Gasteiger partial charge < -0.3 is 28.9 Å². The van der Waals surface area contributed by atoms with Crippen molar-refractivity contribution in [2.24, 2.45) is 11.3 Å². The Bertz CT molecular complexity index is 1600. The van der Waals surface area contributed by atoms with E-state index in [9.17, 15) is 24.8 Å². The fourth-order valence-corrected chi connectivity index (χ4v) is 8.40. The molecule has 44 heavy (non-hydrogen) atoms. The van der Waals surface area contributed by atoms with E-state index in [2.05, 4.69) is 9.55 Å². The maximum Gasteiger partial charge on any atom is 0.410 e. The fourth-order valence-electron chi connectivity index (χ4n) is 7.14. The van der Waals surface area contributed by atoms with Crippen molar-refractivity contribution in [3.8, 4) is 10.4 Å². The molecule has 0 radical (unpaired) electrons. The number of esters is 1. The second-order valence-electron chi connectivity index (χ2n) is 13.3. The normalized spacial score (nSPS) is 22.4. The van der Waals surface area contributed by atoms with E-state index in [-0.39, 0.29) is 30.3 Å². The molecule has 3 aliphatic rings. The van der Waals surface area contributed by atoms with Crippen LogP contribution < -0.4 is 4.90 Å². The topological polar surface area (TPSA) is 140 Å². The Labute approximate surface area is 259 Å². The van der Waals surface area contributed by atoms with Gasteiger partial charge in [0.05, 0.1) is 36.0 Å². The minimum Gasteiger partial charge on any atom is -0.465 e. The molecule has 0 spiro atoms. The number of thiophene rings is 1. The van der Waals surface area contributed by atoms with Crippen molar-refractivity contribution in [2.75, 3.05) is 44.8 Å². The molecule has 13 heteroatoms. The number of nitro groups is 1. The molecule has 236 valence electrons. The molecule has 4 heterocycles. The molecule has 1 amide bonds. The molecule has 2 atom stereocenters. The first kappa shape index (κ1) is 30.3. The molecule has 2 aliphatic heterocycles. The van der Waals surface area contributed by atoms with Crippen molar-refractivity contribution in [1.82, 2.24) is 14.5 Å². The van der Waals surface area contributed by atoms with Crippen LogP contribution in [-0.4, -0.2) is 82.0 Å². The van der Waals surface area contributed by atoms with Crippen LogP contribution in [0.3, 0.4) is 0 Å². The van der Waals surface area contributed by atoms with Crippen LogP contribution in [0, 0.1) is 21.4 Å². The Morgan fingerprint density at radius 3 is 2.57 bits per heavy atom. The summed E-state index contributed by atoms with van der Waals surface area (Å²) in [5, 5.41) is 23.5. The monoisotopic (exact) mass is 625 g/mol. The van der Waals surface area contributed by atoms with Crippen LogP contribution in [0.4, 0.5) is 15.5 Å². The largest absolute Gasteiger partial charge is 0.465 e. The third-order valence-electron chi connectivity index (χ3n) is 9.25. The van der Waals surface area contributed by atoms with Crippen LogP contribution in [0.1, 0.15) is 69.3 Å². The van der Waals surface area contributed by atoms with Crippen molar-refractivity contribution < 1.29 is 29.1 Å². The van der Waals surface area contributed by atoms with Gasteiger partial charge >= 0.3 is 17.7 Å². The van der Waals surface area contributed by atoms with Crippen LogP contribution in [0.5, 0.6) is 0 Å². The Hall–Kier alpha value is -3.71. The lowest BCUT2D eigenvalue weighted by molar-refractivity contribution is -0.384. The SMILES string of the molecule is COC(=O)c1c(N2CC3CN(C(=O)OC(C)(C)C)CC3(CO)C2)sc(-c2ccc3c(c2)ncn3C2CCCCC2)c1[N+](=O)[O-]. The van der Waals surface area contributed by atoms with Crippen molar-refractivity contribution in [3.63, 3.8) is 0 Å². The minimum absolute atomic E-state index is 0.0950. The van der Waals surface area contributed by atoms with Gasteiger partial charge in [-0.25, -0.2) is 14.6 Å². The number of hydrogen-bond donors (Lipinski definition) is 1. The molecule has 2 aromatic heterocycles. The summed E-state index contributed by atoms with van der Waals surface area (Å²) >= 11 is 1.18. The number of amides is 1. The first-order valence-electron chi connectivity index (χ1n) is 15.1. The summed E-state index contributed by atoms with van der Waals surface area (Å²) in [6.45, 7) is 6.63. The number of rotatable bonds is 6. The smallest absolute Gasteiger partial charge is 0.410 e. The molecular formula is C31H39N5O7S. The number of carbonyl (C=O) groups is 2. The zero-order valence-corrected chi connectivity index (χ0v) is 26.4. The lowest BCUT2D eigenvalue weighted by atomic mass is 9.82. The molecule has 1 N–H and O–H groups in total. The van der Waals surface area contributed by atoms with Gasteiger partial charge in [-0.2, -0.15) is 0 Å². The molecule has 3 fully saturated rings. The molecule has 2 unspecified atom stereocenters. The van der Waals surface area contributed by atoms with Gasteiger partial charge in [0, 0.05) is 49.1 Å². The number of likely N-dealkylation sites (tertiary alicyclic amines) is 1. The number of aliphatic hydroxyl groups excluding tert-OH is 1. The third kappa shape index (κ3) is 5.29. The van der Waals surface area contributed by atoms with Crippen LogP contribution in [-0.2, 0) is 9.47 Å². The standard InChI is InChI=1S/C31H39N5O7S/c1-30(2,3)43-29(39)34-14-20-13-33(15-31(20,16-34)17-37)27-24(28(38)42-4)25(36(40)41)26(44-27)19-10-11-23-22(12-19)32-18-35(23)21-8-6-5-7-9-21/h10-12,18,20-21,37H,5-9,13-17H2,1-4H3. The Kier molecular flexibility index (Phi) is 7.81. The first-order valence-corrected chi connectivity index (χ1v) is 16.0. The molecule has 0 bridgehead atoms. The van der Waals surface area contributed by atoms with Crippen LogP contribution in [0.2, 0.25) is 0 Å². The summed E-state index contributed by atoms with van der Waals surface area (Å²) in [5.41, 5.74) is 0.636. The van der Waals surface area contributed by atoms with Gasteiger partial charge in [0.2, 0.25) is 0 Å². The van der Waals surface area contributed by atoms with E-state index < -0.39 is 28.0 Å². The van der Waals surface area contributed by atoms with E-state index in [1.54, 1.807) is 25.7 Å². The zero-order valence-electron chi connectivity index (χ0n) is 25.6. The highest BCUT2D eigenvalue weighted by Gasteiger charge is 2.55. The average Bonchev–Trinajstić information content (AvgIpc) is 3.75. The highest BCUT2D eigenvalue weighted by atomic mass is 32.1. The number of methoxy groups -OCH3 is 1. The number of aliphatic hydroxyl groups is 1. The van der Waals surface area contributed by atoms with Gasteiger partial charge in [-0.15, -0.1) is 11.3 Å². The van der Waals surface area contributed by atoms with Gasteiger partial charge in [0.25, 0.3) is 0 Å². The van der Waals surface area contributed by atoms with Crippen molar-refractivity contribution >= 4 is 45.1 Å². The van der Waals surface area contributed by atoms with Gasteiger partial charge in [0.1, 0.15) is 15.5 Å². The van der Waals surface area contributed by atoms with E-state index in [0.717, 1.165) is 23.9 Å². The van der Waals surface area contributed by atoms with E-state index in [0.29, 0.717) is 41.1 Å². The number of fused-ring (bicyclic) bond motifs is 2. The van der Waals surface area contributed by atoms with Crippen LogP contribution >= 0.6 is 11.3 Å². The number of aromatic nitrogens is 2. The molecule has 1 aliphatic carbocycles. The second kappa shape index (κ2) is 11.3. The second-order valence-corrected chi connectivity index (χ2v) is 14.3. The van der Waals surface area contributed by atoms with E-state index >= 15 is 0 Å². The van der Waals surface area contributed by atoms with Gasteiger partial charge in [0.15, 0.2) is 5.56 Å². The molecule has 2 saturated heterocycles. The summed E-state index contributed by atoms with van der Waals surface area (Å²) in [4.78, 5) is 46.5. The maximum atomic E-state index is 13.1. The zero-order chi connectivity index (χ0) is 31.4. The van der Waals surface area contributed by atoms with Crippen molar-refractivity contribution in [2.45, 2.75) is 64.5 Å². The summed E-state index contributed by atoms with van der Waals surface area (Å²) in [5.74, 6) is -0.905. The van der Waals surface area contributed by atoms with Gasteiger partial charge in [-0.3, -0.25) is 10.1 Å². The van der Waals surface area contributed by atoms with Crippen molar-refractivity contribution in [3.05, 3.63) is 40.2 Å². The first-order chi connectivity index (χ1) is 20.9. The molecule has 3 aromatic rings. The predicted molar refractivity (Wildman–Crippen MR) is 166 cm³/mol. The lowest BCUT2D eigenvalue weighted by Crippen LogP contribution is -2.41. The number of anilines is 1. The van der Waals surface area contributed by atoms with E-state index in [1.807, 2.05) is 29.4 Å². The number of ether oxygens (including phenoxy) is 2. The molecule has 6 rings (SSSR count). The highest BCUT2D eigenvalue weighted by Crippen LogP contribution is 2.52. The molecule has 1 aromatic carbocycles. The molecule has 1 saturated carbocycles. The Morgan fingerprint density at radius 1 is 1.18 bits per heavy atom. The number of carbonyl (C=O) groups excluding carboxylic acids is 2. The summed E-state index contributed by atoms with van der Waals surface area (Å²) in [7, 11) is 1.21. The maximum absolute atomic E-state index is 13.1. The summed E-state index contributed by atoms with van der Waals surface area (Å²) in [6, 6.07) is 6.07. The van der Waals surface area contributed by atoms with Crippen LogP contribution in [0.15, 0.2) is 24.5 Å². The van der Waals surface area contributed by atoms with E-state index in [4.69, 9.17) is 9.47 Å². The highest BCUT2D eigenvalue weighted by molar-refractivity contribution is 7.20.